The van der Waals surface area contributed by atoms with E-state index in [-0.39, 0.29) is 17.6 Å². The van der Waals surface area contributed by atoms with Gasteiger partial charge in [0.05, 0.1) is 25.3 Å². The second kappa shape index (κ2) is 6.19. The molecule has 1 aliphatic rings. The van der Waals surface area contributed by atoms with E-state index in [0.29, 0.717) is 31.8 Å². The molecule has 1 fully saturated rings. The Kier molecular flexibility index (Phi) is 4.11. The Labute approximate surface area is 128 Å². The molecule has 116 valence electrons. The van der Waals surface area contributed by atoms with E-state index < -0.39 is 0 Å². The highest BCUT2D eigenvalue weighted by Gasteiger charge is 2.26. The highest BCUT2D eigenvalue weighted by atomic mass is 16.5. The van der Waals surface area contributed by atoms with Crippen molar-refractivity contribution in [1.29, 1.82) is 0 Å². The number of amides is 1. The molecule has 1 atom stereocenters. The van der Waals surface area contributed by atoms with Gasteiger partial charge in [0.2, 0.25) is 5.91 Å². The third kappa shape index (κ3) is 3.12. The molecule has 1 aromatic heterocycles. The number of aromatic amines is 1. The van der Waals surface area contributed by atoms with Crippen LogP contribution in [0.3, 0.4) is 0 Å². The first-order chi connectivity index (χ1) is 10.6. The molecule has 0 radical (unpaired) electrons. The fourth-order valence-corrected chi connectivity index (χ4v) is 2.62. The maximum Gasteiger partial charge on any atom is 0.266 e. The normalized spacial score (nSPS) is 18.4. The SMILES string of the molecule is Cn1[nH]c(C2CN(C(=O)Cc3ccccc3)CCO2)cc1=O. The van der Waals surface area contributed by atoms with E-state index in [4.69, 9.17) is 4.74 Å². The maximum absolute atomic E-state index is 12.4. The van der Waals surface area contributed by atoms with Crippen molar-refractivity contribution in [3.63, 3.8) is 0 Å². The zero-order valence-corrected chi connectivity index (χ0v) is 12.5. The van der Waals surface area contributed by atoms with Crippen LogP contribution in [0.5, 0.6) is 0 Å². The highest BCUT2D eigenvalue weighted by Crippen LogP contribution is 2.20. The number of carbonyl (C=O) groups excluding carboxylic acids is 1. The molecule has 0 spiro atoms. The lowest BCUT2D eigenvalue weighted by Crippen LogP contribution is -2.43. The van der Waals surface area contributed by atoms with Gasteiger partial charge in [-0.1, -0.05) is 30.3 Å². The molecular weight excluding hydrogens is 282 g/mol. The first kappa shape index (κ1) is 14.6. The average Bonchev–Trinajstić information content (AvgIpc) is 2.88. The van der Waals surface area contributed by atoms with E-state index in [1.165, 1.54) is 10.7 Å². The van der Waals surface area contributed by atoms with Crippen LogP contribution in [0.4, 0.5) is 0 Å². The largest absolute Gasteiger partial charge is 0.368 e. The summed E-state index contributed by atoms with van der Waals surface area (Å²) in [7, 11) is 1.66. The third-order valence-corrected chi connectivity index (χ3v) is 3.87. The number of nitrogens with one attached hydrogen (secondary N) is 1. The van der Waals surface area contributed by atoms with Crippen LogP contribution in [-0.4, -0.2) is 40.3 Å². The highest BCUT2D eigenvalue weighted by molar-refractivity contribution is 5.78. The van der Waals surface area contributed by atoms with E-state index >= 15 is 0 Å². The second-order valence-corrected chi connectivity index (χ2v) is 5.47. The third-order valence-electron chi connectivity index (χ3n) is 3.87. The minimum Gasteiger partial charge on any atom is -0.368 e. The zero-order valence-electron chi connectivity index (χ0n) is 12.5. The van der Waals surface area contributed by atoms with Gasteiger partial charge >= 0.3 is 0 Å². The molecule has 0 saturated carbocycles. The number of hydrogen-bond donors (Lipinski definition) is 1. The molecule has 1 aromatic carbocycles. The molecule has 1 N–H and O–H groups in total. The summed E-state index contributed by atoms with van der Waals surface area (Å²) in [6, 6.07) is 11.2. The smallest absolute Gasteiger partial charge is 0.266 e. The first-order valence-corrected chi connectivity index (χ1v) is 7.33. The van der Waals surface area contributed by atoms with Crippen LogP contribution < -0.4 is 5.56 Å². The molecule has 1 aliphatic heterocycles. The van der Waals surface area contributed by atoms with Crippen molar-refractivity contribution in [2.45, 2.75) is 12.5 Å². The van der Waals surface area contributed by atoms with Gasteiger partial charge in [-0.05, 0) is 5.56 Å². The minimum absolute atomic E-state index is 0.0813. The fourth-order valence-electron chi connectivity index (χ4n) is 2.62. The van der Waals surface area contributed by atoms with Gasteiger partial charge in [0, 0.05) is 19.7 Å². The number of hydrogen-bond acceptors (Lipinski definition) is 3. The number of morpholine rings is 1. The van der Waals surface area contributed by atoms with E-state index in [9.17, 15) is 9.59 Å². The summed E-state index contributed by atoms with van der Waals surface area (Å²) < 4.78 is 7.09. The van der Waals surface area contributed by atoms with Crippen LogP contribution in [0, 0.1) is 0 Å². The number of nitrogens with zero attached hydrogens (tertiary/aromatic N) is 2. The summed E-state index contributed by atoms with van der Waals surface area (Å²) in [6.07, 6.45) is 0.112. The van der Waals surface area contributed by atoms with Crippen molar-refractivity contribution in [2.75, 3.05) is 19.7 Å². The van der Waals surface area contributed by atoms with Crippen LogP contribution in [0.25, 0.3) is 0 Å². The number of benzene rings is 1. The van der Waals surface area contributed by atoms with Gasteiger partial charge in [0.25, 0.3) is 5.56 Å². The zero-order chi connectivity index (χ0) is 15.5. The van der Waals surface area contributed by atoms with Crippen molar-refractivity contribution in [3.05, 3.63) is 58.0 Å². The lowest BCUT2D eigenvalue weighted by molar-refractivity contribution is -0.138. The molecule has 1 unspecified atom stereocenters. The monoisotopic (exact) mass is 301 g/mol. The van der Waals surface area contributed by atoms with Gasteiger partial charge in [-0.25, -0.2) is 0 Å². The Morgan fingerprint density at radius 1 is 1.36 bits per heavy atom. The van der Waals surface area contributed by atoms with E-state index in [1.807, 2.05) is 30.3 Å². The maximum atomic E-state index is 12.4. The van der Waals surface area contributed by atoms with Gasteiger partial charge in [-0.2, -0.15) is 0 Å². The predicted octanol–water partition coefficient (Wildman–Crippen LogP) is 0.856. The molecule has 0 bridgehead atoms. The molecule has 3 rings (SSSR count). The minimum atomic E-state index is -0.276. The Hall–Kier alpha value is -2.34. The number of H-pyrrole nitrogens is 1. The summed E-state index contributed by atoms with van der Waals surface area (Å²) >= 11 is 0. The molecule has 2 aromatic rings. The summed E-state index contributed by atoms with van der Waals surface area (Å²) in [5, 5.41) is 2.96. The number of aromatic nitrogens is 2. The van der Waals surface area contributed by atoms with Gasteiger partial charge < -0.3 is 9.64 Å². The summed E-state index contributed by atoms with van der Waals surface area (Å²) in [5.41, 5.74) is 1.61. The van der Waals surface area contributed by atoms with Gasteiger partial charge in [-0.3, -0.25) is 19.4 Å². The number of rotatable bonds is 3. The van der Waals surface area contributed by atoms with E-state index in [1.54, 1.807) is 11.9 Å². The average molecular weight is 301 g/mol. The van der Waals surface area contributed by atoms with Crippen LogP contribution in [-0.2, 0) is 23.0 Å². The molecule has 1 amide bonds. The predicted molar refractivity (Wildman–Crippen MR) is 81.5 cm³/mol. The molecule has 22 heavy (non-hydrogen) atoms. The van der Waals surface area contributed by atoms with Crippen molar-refractivity contribution >= 4 is 5.91 Å². The van der Waals surface area contributed by atoms with Crippen molar-refractivity contribution in [1.82, 2.24) is 14.7 Å². The standard InChI is InChI=1S/C16H19N3O3/c1-18-15(20)10-13(17-18)14-11-19(7-8-22-14)16(21)9-12-5-3-2-4-6-12/h2-6,10,14,17H,7-9,11H2,1H3. The van der Waals surface area contributed by atoms with Crippen LogP contribution >= 0.6 is 0 Å². The van der Waals surface area contributed by atoms with Gasteiger partial charge in [-0.15, -0.1) is 0 Å². The number of carbonyl (C=O) groups is 1. The van der Waals surface area contributed by atoms with Gasteiger partial charge in [0.15, 0.2) is 0 Å². The Morgan fingerprint density at radius 2 is 2.14 bits per heavy atom. The molecule has 1 saturated heterocycles. The molecule has 6 heteroatoms. The van der Waals surface area contributed by atoms with Crippen molar-refractivity contribution in [3.8, 4) is 0 Å². The quantitative estimate of drug-likeness (QED) is 0.914. The summed E-state index contributed by atoms with van der Waals surface area (Å²) in [6.45, 7) is 1.52. The lowest BCUT2D eigenvalue weighted by atomic mass is 10.1. The summed E-state index contributed by atoms with van der Waals surface area (Å²) in [4.78, 5) is 25.7. The number of ether oxygens (including phenoxy) is 1. The second-order valence-electron chi connectivity index (χ2n) is 5.47. The fraction of sp³-hybridized carbons (Fsp3) is 0.375. The Balaban J connectivity index is 1.67. The van der Waals surface area contributed by atoms with E-state index in [2.05, 4.69) is 5.10 Å². The van der Waals surface area contributed by atoms with Gasteiger partial charge in [0.1, 0.15) is 6.10 Å². The Morgan fingerprint density at radius 3 is 2.82 bits per heavy atom. The Bertz CT molecular complexity index is 705. The number of aryl methyl sites for hydroxylation is 1. The van der Waals surface area contributed by atoms with E-state index in [0.717, 1.165) is 5.56 Å². The van der Waals surface area contributed by atoms with Crippen molar-refractivity contribution in [2.24, 2.45) is 7.05 Å². The van der Waals surface area contributed by atoms with Crippen LogP contribution in [0.1, 0.15) is 17.4 Å². The van der Waals surface area contributed by atoms with Crippen LogP contribution in [0.2, 0.25) is 0 Å². The molecule has 0 aliphatic carbocycles. The topological polar surface area (TPSA) is 67.3 Å². The molecule has 2 heterocycles. The summed E-state index contributed by atoms with van der Waals surface area (Å²) in [5.74, 6) is 0.0813. The molecule has 6 nitrogen and oxygen atoms in total. The van der Waals surface area contributed by atoms with Crippen LogP contribution in [0.15, 0.2) is 41.2 Å². The lowest BCUT2D eigenvalue weighted by Gasteiger charge is -2.32. The first-order valence-electron chi connectivity index (χ1n) is 7.33. The van der Waals surface area contributed by atoms with Crippen molar-refractivity contribution < 1.29 is 9.53 Å². The molecular formula is C16H19N3O3.